The van der Waals surface area contributed by atoms with Crippen LogP contribution in [0.5, 0.6) is 0 Å². The molecule has 1 unspecified atom stereocenters. The molecule has 0 aliphatic carbocycles. The van der Waals surface area contributed by atoms with Gasteiger partial charge >= 0.3 is 5.97 Å². The molecule has 5 nitrogen and oxygen atoms in total. The minimum atomic E-state index is -1.12. The number of rotatable bonds is 4. The summed E-state index contributed by atoms with van der Waals surface area (Å²) in [7, 11) is 0. The van der Waals surface area contributed by atoms with E-state index in [4.69, 9.17) is 5.11 Å². The van der Waals surface area contributed by atoms with Gasteiger partial charge in [0.2, 0.25) is 0 Å². The summed E-state index contributed by atoms with van der Waals surface area (Å²) >= 11 is 3.57. The predicted molar refractivity (Wildman–Crippen MR) is 63.7 cm³/mol. The third kappa shape index (κ3) is 3.40. The smallest absolute Gasteiger partial charge is 0.316 e. The first-order valence-corrected chi connectivity index (χ1v) is 6.03. The number of carbonyl (C=O) groups is 1. The average molecular weight is 324 g/mol. The quantitative estimate of drug-likeness (QED) is 0.523. The number of nitro groups is 1. The Bertz CT molecular complexity index is 482. The van der Waals surface area contributed by atoms with Gasteiger partial charge in [-0.15, -0.1) is 11.8 Å². The van der Waals surface area contributed by atoms with Crippen LogP contribution in [-0.2, 0) is 4.79 Å². The highest BCUT2D eigenvalue weighted by atomic mass is 79.9. The van der Waals surface area contributed by atoms with Gasteiger partial charge in [0.05, 0.1) is 14.3 Å². The van der Waals surface area contributed by atoms with E-state index < -0.39 is 22.0 Å². The lowest BCUT2D eigenvalue weighted by Gasteiger charge is -2.07. The third-order valence-electron chi connectivity index (χ3n) is 1.85. The summed E-state index contributed by atoms with van der Waals surface area (Å²) in [6, 6.07) is 1.97. The Morgan fingerprint density at radius 3 is 2.71 bits per heavy atom. The second-order valence-electron chi connectivity index (χ2n) is 3.09. The van der Waals surface area contributed by atoms with Gasteiger partial charge in [0.15, 0.2) is 0 Å². The maximum absolute atomic E-state index is 13.2. The maximum Gasteiger partial charge on any atom is 0.316 e. The Kier molecular flexibility index (Phi) is 4.47. The topological polar surface area (TPSA) is 80.4 Å². The average Bonchev–Trinajstić information content (AvgIpc) is 2.22. The molecule has 1 atom stereocenters. The SMILES string of the molecule is CC(Sc1cc(F)c(Br)cc1[N+](=O)[O-])C(=O)O. The molecule has 92 valence electrons. The van der Waals surface area contributed by atoms with Crippen molar-refractivity contribution in [2.45, 2.75) is 17.1 Å². The molecule has 0 amide bonds. The molecule has 0 spiro atoms. The summed E-state index contributed by atoms with van der Waals surface area (Å²) in [5.41, 5.74) is -0.323. The zero-order valence-electron chi connectivity index (χ0n) is 8.52. The fourth-order valence-corrected chi connectivity index (χ4v) is 2.23. The number of carboxylic acids is 1. The molecule has 0 saturated heterocycles. The van der Waals surface area contributed by atoms with Crippen LogP contribution < -0.4 is 0 Å². The van der Waals surface area contributed by atoms with E-state index in [-0.39, 0.29) is 15.1 Å². The van der Waals surface area contributed by atoms with Crippen LogP contribution in [0.25, 0.3) is 0 Å². The summed E-state index contributed by atoms with van der Waals surface area (Å²) in [6.07, 6.45) is 0. The number of carboxylic acid groups (broad SMARTS) is 1. The molecule has 1 N–H and O–H groups in total. The van der Waals surface area contributed by atoms with Gasteiger partial charge in [-0.2, -0.15) is 0 Å². The van der Waals surface area contributed by atoms with Gasteiger partial charge in [-0.3, -0.25) is 14.9 Å². The fraction of sp³-hybridized carbons (Fsp3) is 0.222. The third-order valence-corrected chi connectivity index (χ3v) is 3.59. The number of nitro benzene ring substituents is 1. The van der Waals surface area contributed by atoms with Gasteiger partial charge in [-0.1, -0.05) is 0 Å². The lowest BCUT2D eigenvalue weighted by atomic mass is 10.3. The van der Waals surface area contributed by atoms with Crippen LogP contribution in [0.15, 0.2) is 21.5 Å². The molecule has 1 aromatic rings. The highest BCUT2D eigenvalue weighted by Crippen LogP contribution is 2.35. The first kappa shape index (κ1) is 13.9. The number of hydrogen-bond donors (Lipinski definition) is 1. The van der Waals surface area contributed by atoms with E-state index in [1.54, 1.807) is 0 Å². The minimum absolute atomic E-state index is 0.00870. The molecule has 8 heteroatoms. The highest BCUT2D eigenvalue weighted by molar-refractivity contribution is 9.10. The number of thioether (sulfide) groups is 1. The lowest BCUT2D eigenvalue weighted by molar-refractivity contribution is -0.387. The largest absolute Gasteiger partial charge is 0.480 e. The number of halogens is 2. The van der Waals surface area contributed by atoms with Crippen LogP contribution in [0.2, 0.25) is 0 Å². The molecular formula is C9H7BrFNO4S. The summed E-state index contributed by atoms with van der Waals surface area (Å²) in [5, 5.41) is 18.5. The maximum atomic E-state index is 13.2. The molecule has 1 aromatic carbocycles. The van der Waals surface area contributed by atoms with Gasteiger partial charge in [-0.05, 0) is 28.9 Å². The van der Waals surface area contributed by atoms with E-state index in [0.29, 0.717) is 0 Å². The first-order chi connectivity index (χ1) is 7.82. The normalized spacial score (nSPS) is 12.2. The van der Waals surface area contributed by atoms with Gasteiger partial charge in [0, 0.05) is 6.07 Å². The molecule has 0 saturated carbocycles. The Morgan fingerprint density at radius 1 is 1.65 bits per heavy atom. The van der Waals surface area contributed by atoms with Crippen molar-refractivity contribution in [3.05, 3.63) is 32.5 Å². The Labute approximate surface area is 108 Å². The number of benzene rings is 1. The van der Waals surface area contributed by atoms with Crippen LogP contribution in [-0.4, -0.2) is 21.2 Å². The predicted octanol–water partition coefficient (Wildman–Crippen LogP) is 3.06. The van der Waals surface area contributed by atoms with E-state index >= 15 is 0 Å². The molecule has 0 aliphatic rings. The molecule has 0 heterocycles. The Morgan fingerprint density at radius 2 is 2.24 bits per heavy atom. The molecular weight excluding hydrogens is 317 g/mol. The number of aliphatic carboxylic acids is 1. The molecule has 0 radical (unpaired) electrons. The van der Waals surface area contributed by atoms with Crippen LogP contribution in [0.1, 0.15) is 6.92 Å². The number of hydrogen-bond acceptors (Lipinski definition) is 4. The fourth-order valence-electron chi connectivity index (χ4n) is 0.996. The summed E-state index contributed by atoms with van der Waals surface area (Å²) in [5.74, 6) is -1.79. The zero-order chi connectivity index (χ0) is 13.2. The van der Waals surface area contributed by atoms with E-state index in [0.717, 1.165) is 23.9 Å². The van der Waals surface area contributed by atoms with Crippen molar-refractivity contribution in [2.75, 3.05) is 0 Å². The van der Waals surface area contributed by atoms with Crippen molar-refractivity contribution in [3.8, 4) is 0 Å². The van der Waals surface area contributed by atoms with E-state index in [1.807, 2.05) is 0 Å². The van der Waals surface area contributed by atoms with Crippen LogP contribution in [0.4, 0.5) is 10.1 Å². The molecule has 0 bridgehead atoms. The van der Waals surface area contributed by atoms with Crippen molar-refractivity contribution in [1.82, 2.24) is 0 Å². The standard InChI is InChI=1S/C9H7BrFNO4S/c1-4(9(13)14)17-8-3-6(11)5(10)2-7(8)12(15)16/h2-4H,1H3,(H,13,14). The van der Waals surface area contributed by atoms with Gasteiger partial charge < -0.3 is 5.11 Å². The summed E-state index contributed by atoms with van der Waals surface area (Å²) in [4.78, 5) is 20.7. The second-order valence-corrected chi connectivity index (χ2v) is 5.33. The van der Waals surface area contributed by atoms with E-state index in [1.165, 1.54) is 6.92 Å². The van der Waals surface area contributed by atoms with Crippen molar-refractivity contribution in [3.63, 3.8) is 0 Å². The van der Waals surface area contributed by atoms with Gasteiger partial charge in [0.1, 0.15) is 11.1 Å². The van der Waals surface area contributed by atoms with E-state index in [9.17, 15) is 19.3 Å². The van der Waals surface area contributed by atoms with Crippen molar-refractivity contribution >= 4 is 39.3 Å². The summed E-state index contributed by atoms with van der Waals surface area (Å²) < 4.78 is 13.2. The molecule has 1 rings (SSSR count). The Hall–Kier alpha value is -1.15. The highest BCUT2D eigenvalue weighted by Gasteiger charge is 2.22. The van der Waals surface area contributed by atoms with Crippen LogP contribution >= 0.6 is 27.7 Å². The lowest BCUT2D eigenvalue weighted by Crippen LogP contribution is -2.11. The van der Waals surface area contributed by atoms with Gasteiger partial charge in [0.25, 0.3) is 5.69 Å². The molecule has 0 aliphatic heterocycles. The van der Waals surface area contributed by atoms with Crippen molar-refractivity contribution in [2.24, 2.45) is 0 Å². The second kappa shape index (κ2) is 5.46. The monoisotopic (exact) mass is 323 g/mol. The zero-order valence-corrected chi connectivity index (χ0v) is 10.9. The minimum Gasteiger partial charge on any atom is -0.480 e. The van der Waals surface area contributed by atoms with Gasteiger partial charge in [-0.25, -0.2) is 4.39 Å². The van der Waals surface area contributed by atoms with Crippen molar-refractivity contribution in [1.29, 1.82) is 0 Å². The first-order valence-electron chi connectivity index (χ1n) is 4.36. The number of nitrogens with zero attached hydrogens (tertiary/aromatic N) is 1. The van der Waals surface area contributed by atoms with E-state index in [2.05, 4.69) is 15.9 Å². The molecule has 0 fully saturated rings. The Balaban J connectivity index is 3.17. The molecule has 17 heavy (non-hydrogen) atoms. The van der Waals surface area contributed by atoms with Crippen LogP contribution in [0.3, 0.4) is 0 Å². The van der Waals surface area contributed by atoms with Crippen LogP contribution in [0, 0.1) is 15.9 Å². The summed E-state index contributed by atoms with van der Waals surface area (Å²) in [6.45, 7) is 1.37. The van der Waals surface area contributed by atoms with Crippen molar-refractivity contribution < 1.29 is 19.2 Å². The molecule has 0 aromatic heterocycles.